The molecular weight excluding hydrogens is 244 g/mol. The van der Waals surface area contributed by atoms with Crippen LogP contribution in [0, 0.1) is 5.92 Å². The van der Waals surface area contributed by atoms with Crippen LogP contribution < -0.4 is 11.1 Å². The number of hydrogen-bond donors (Lipinski definition) is 2. The molecule has 0 aromatic carbocycles. The first-order valence-electron chi connectivity index (χ1n) is 6.78. The minimum absolute atomic E-state index is 0.191. The van der Waals surface area contributed by atoms with Crippen molar-refractivity contribution in [3.8, 4) is 0 Å². The maximum absolute atomic E-state index is 11.2. The molecule has 18 heavy (non-hydrogen) atoms. The molecule has 1 unspecified atom stereocenters. The fourth-order valence-corrected chi connectivity index (χ4v) is 3.47. The highest BCUT2D eigenvalue weighted by molar-refractivity contribution is 7.07. The molecule has 1 aliphatic carbocycles. The number of primary amides is 1. The van der Waals surface area contributed by atoms with Crippen molar-refractivity contribution in [2.75, 3.05) is 0 Å². The Morgan fingerprint density at radius 2 is 2.22 bits per heavy atom. The van der Waals surface area contributed by atoms with Crippen LogP contribution in [0.5, 0.6) is 0 Å². The highest BCUT2D eigenvalue weighted by atomic mass is 32.1. The molecule has 1 aromatic rings. The van der Waals surface area contributed by atoms with E-state index >= 15 is 0 Å². The Morgan fingerprint density at radius 1 is 1.44 bits per heavy atom. The molecule has 1 amide bonds. The zero-order valence-corrected chi connectivity index (χ0v) is 11.5. The average Bonchev–Trinajstić information content (AvgIpc) is 2.88. The minimum Gasteiger partial charge on any atom is -0.370 e. The van der Waals surface area contributed by atoms with Crippen LogP contribution in [0.25, 0.3) is 0 Å². The maximum atomic E-state index is 11.2. The fourth-order valence-electron chi connectivity index (χ4n) is 2.80. The van der Waals surface area contributed by atoms with Crippen LogP contribution in [0.3, 0.4) is 0 Å². The molecule has 0 saturated heterocycles. The predicted octanol–water partition coefficient (Wildman–Crippen LogP) is 2.66. The molecule has 100 valence electrons. The zero-order chi connectivity index (χ0) is 12.8. The number of rotatable bonds is 6. The van der Waals surface area contributed by atoms with E-state index in [2.05, 4.69) is 22.1 Å². The molecule has 1 aliphatic rings. The van der Waals surface area contributed by atoms with Crippen molar-refractivity contribution in [3.05, 3.63) is 22.4 Å². The van der Waals surface area contributed by atoms with Crippen LogP contribution in [0.1, 0.15) is 44.1 Å². The van der Waals surface area contributed by atoms with Gasteiger partial charge >= 0.3 is 0 Å². The van der Waals surface area contributed by atoms with E-state index in [1.54, 1.807) is 11.3 Å². The molecule has 1 aromatic heterocycles. The van der Waals surface area contributed by atoms with Crippen molar-refractivity contribution in [1.82, 2.24) is 5.32 Å². The molecule has 0 spiro atoms. The van der Waals surface area contributed by atoms with Gasteiger partial charge in [0.25, 0.3) is 0 Å². The number of nitrogens with one attached hydrogen (secondary N) is 1. The molecule has 1 atom stereocenters. The van der Waals surface area contributed by atoms with Crippen LogP contribution >= 0.6 is 11.3 Å². The second-order valence-corrected chi connectivity index (χ2v) is 5.97. The highest BCUT2D eigenvalue weighted by Gasteiger charge is 2.24. The standard InChI is InChI=1S/C14H22N2OS/c15-14(17)8-13(12-4-2-1-3-5-12)16-9-11-6-7-18-10-11/h6-7,10,12-13,16H,1-5,8-9H2,(H2,15,17). The second kappa shape index (κ2) is 6.90. The summed E-state index contributed by atoms with van der Waals surface area (Å²) < 4.78 is 0. The Hall–Kier alpha value is -0.870. The summed E-state index contributed by atoms with van der Waals surface area (Å²) in [6.45, 7) is 0.845. The van der Waals surface area contributed by atoms with Gasteiger partial charge in [-0.1, -0.05) is 19.3 Å². The summed E-state index contributed by atoms with van der Waals surface area (Å²) in [5.41, 5.74) is 6.67. The van der Waals surface area contributed by atoms with Crippen molar-refractivity contribution in [2.24, 2.45) is 11.7 Å². The SMILES string of the molecule is NC(=O)CC(NCc1ccsc1)C1CCCCC1. The lowest BCUT2D eigenvalue weighted by molar-refractivity contribution is -0.118. The summed E-state index contributed by atoms with van der Waals surface area (Å²) in [4.78, 5) is 11.2. The van der Waals surface area contributed by atoms with Gasteiger partial charge in [-0.15, -0.1) is 0 Å². The van der Waals surface area contributed by atoms with E-state index in [4.69, 9.17) is 5.73 Å². The zero-order valence-electron chi connectivity index (χ0n) is 10.7. The summed E-state index contributed by atoms with van der Waals surface area (Å²) in [5.74, 6) is 0.424. The normalized spacial score (nSPS) is 18.7. The molecule has 3 nitrogen and oxygen atoms in total. The van der Waals surface area contributed by atoms with Gasteiger partial charge in [-0.3, -0.25) is 4.79 Å². The van der Waals surface area contributed by atoms with Gasteiger partial charge in [0.1, 0.15) is 0 Å². The Balaban J connectivity index is 1.89. The Kier molecular flexibility index (Phi) is 5.20. The number of carbonyl (C=O) groups is 1. The van der Waals surface area contributed by atoms with E-state index in [1.165, 1.54) is 37.7 Å². The summed E-state index contributed by atoms with van der Waals surface area (Å²) in [5, 5.41) is 7.76. The van der Waals surface area contributed by atoms with E-state index in [0.29, 0.717) is 12.3 Å². The van der Waals surface area contributed by atoms with Gasteiger partial charge < -0.3 is 11.1 Å². The van der Waals surface area contributed by atoms with Gasteiger partial charge in [-0.05, 0) is 41.1 Å². The predicted molar refractivity (Wildman–Crippen MR) is 75.3 cm³/mol. The third kappa shape index (κ3) is 4.10. The molecule has 1 saturated carbocycles. The molecule has 4 heteroatoms. The minimum atomic E-state index is -0.191. The number of thiophene rings is 1. The molecule has 2 rings (SSSR count). The monoisotopic (exact) mass is 266 g/mol. The van der Waals surface area contributed by atoms with E-state index in [0.717, 1.165) is 6.54 Å². The largest absolute Gasteiger partial charge is 0.370 e. The number of nitrogens with two attached hydrogens (primary N) is 1. The van der Waals surface area contributed by atoms with E-state index in [1.807, 2.05) is 0 Å². The molecule has 1 fully saturated rings. The molecule has 3 N–H and O–H groups in total. The Morgan fingerprint density at radius 3 is 2.83 bits per heavy atom. The molecular formula is C14H22N2OS. The average molecular weight is 266 g/mol. The molecule has 0 radical (unpaired) electrons. The lowest BCUT2D eigenvalue weighted by Crippen LogP contribution is -2.40. The smallest absolute Gasteiger partial charge is 0.218 e. The molecule has 1 heterocycles. The van der Waals surface area contributed by atoms with Crippen molar-refractivity contribution >= 4 is 17.2 Å². The maximum Gasteiger partial charge on any atom is 0.218 e. The van der Waals surface area contributed by atoms with Crippen LogP contribution in [0.2, 0.25) is 0 Å². The van der Waals surface area contributed by atoms with Gasteiger partial charge in [-0.2, -0.15) is 11.3 Å². The van der Waals surface area contributed by atoms with Crippen LogP contribution in [0.15, 0.2) is 16.8 Å². The first-order chi connectivity index (χ1) is 8.75. The first kappa shape index (κ1) is 13.6. The van der Waals surface area contributed by atoms with Crippen molar-refractivity contribution in [2.45, 2.75) is 51.1 Å². The Labute approximate surface area is 113 Å². The van der Waals surface area contributed by atoms with Crippen LogP contribution in [-0.4, -0.2) is 11.9 Å². The fraction of sp³-hybridized carbons (Fsp3) is 0.643. The first-order valence-corrected chi connectivity index (χ1v) is 7.73. The van der Waals surface area contributed by atoms with Crippen molar-refractivity contribution in [3.63, 3.8) is 0 Å². The summed E-state index contributed by atoms with van der Waals surface area (Å²) in [6, 6.07) is 2.38. The lowest BCUT2D eigenvalue weighted by atomic mass is 9.82. The number of carbonyl (C=O) groups excluding carboxylic acids is 1. The van der Waals surface area contributed by atoms with E-state index in [-0.39, 0.29) is 11.9 Å². The van der Waals surface area contributed by atoms with Crippen LogP contribution in [0.4, 0.5) is 0 Å². The van der Waals surface area contributed by atoms with Crippen molar-refractivity contribution in [1.29, 1.82) is 0 Å². The highest BCUT2D eigenvalue weighted by Crippen LogP contribution is 2.28. The molecule has 0 aliphatic heterocycles. The quantitative estimate of drug-likeness (QED) is 0.831. The number of hydrogen-bond acceptors (Lipinski definition) is 3. The lowest BCUT2D eigenvalue weighted by Gasteiger charge is -2.30. The van der Waals surface area contributed by atoms with E-state index < -0.39 is 0 Å². The third-order valence-corrected chi connectivity index (χ3v) is 4.52. The van der Waals surface area contributed by atoms with Gasteiger partial charge in [-0.25, -0.2) is 0 Å². The topological polar surface area (TPSA) is 55.1 Å². The third-order valence-electron chi connectivity index (χ3n) is 3.79. The number of amides is 1. The van der Waals surface area contributed by atoms with Gasteiger partial charge in [0.05, 0.1) is 0 Å². The second-order valence-electron chi connectivity index (χ2n) is 5.19. The van der Waals surface area contributed by atoms with Crippen LogP contribution in [-0.2, 0) is 11.3 Å². The summed E-state index contributed by atoms with van der Waals surface area (Å²) >= 11 is 1.71. The summed E-state index contributed by atoms with van der Waals surface area (Å²) in [7, 11) is 0. The van der Waals surface area contributed by atoms with Gasteiger partial charge in [0.2, 0.25) is 5.91 Å². The Bertz CT molecular complexity index is 358. The van der Waals surface area contributed by atoms with Crippen molar-refractivity contribution < 1.29 is 4.79 Å². The van der Waals surface area contributed by atoms with E-state index in [9.17, 15) is 4.79 Å². The van der Waals surface area contributed by atoms with Gasteiger partial charge in [0.15, 0.2) is 0 Å². The summed E-state index contributed by atoms with van der Waals surface area (Å²) in [6.07, 6.45) is 6.85. The molecule has 0 bridgehead atoms. The van der Waals surface area contributed by atoms with Gasteiger partial charge in [0, 0.05) is 19.0 Å².